The van der Waals surface area contributed by atoms with Crippen LogP contribution in [0.4, 0.5) is 0 Å². The topological polar surface area (TPSA) is 38.3 Å². The fraction of sp³-hybridized carbons (Fsp3) is 0.917. The quantitative estimate of drug-likeness (QED) is 0.431. The van der Waals surface area contributed by atoms with Gasteiger partial charge in [0.15, 0.2) is 0 Å². The second kappa shape index (κ2) is 6.83. The lowest BCUT2D eigenvalue weighted by atomic mass is 9.96. The largest absolute Gasteiger partial charge is 0.381 e. The molecule has 1 aliphatic carbocycles. The molecular weight excluding hydrogens is 190 g/mol. The summed E-state index contributed by atoms with van der Waals surface area (Å²) in [6.07, 6.45) is 7.28. The first-order valence-corrected chi connectivity index (χ1v) is 5.97. The number of hydrogen-bond donors (Lipinski definition) is 1. The Bertz CT molecular complexity index is 184. The molecule has 1 fully saturated rings. The number of carbonyl (C=O) groups excluding carboxylic acids is 1. The Morgan fingerprint density at radius 3 is 2.73 bits per heavy atom. The van der Waals surface area contributed by atoms with E-state index in [9.17, 15) is 4.79 Å². The van der Waals surface area contributed by atoms with Crippen LogP contribution >= 0.6 is 0 Å². The van der Waals surface area contributed by atoms with Crippen LogP contribution in [-0.2, 0) is 9.53 Å². The normalized spacial score (nSPS) is 32.0. The van der Waals surface area contributed by atoms with Crippen molar-refractivity contribution >= 4 is 6.41 Å². The van der Waals surface area contributed by atoms with Gasteiger partial charge in [-0.15, -0.1) is 0 Å². The van der Waals surface area contributed by atoms with Gasteiger partial charge in [0.2, 0.25) is 6.41 Å². The van der Waals surface area contributed by atoms with Crippen molar-refractivity contribution in [3.05, 3.63) is 0 Å². The highest BCUT2D eigenvalue weighted by atomic mass is 16.5. The Hall–Kier alpha value is -0.570. The molecule has 1 rings (SSSR count). The van der Waals surface area contributed by atoms with E-state index in [1.807, 2.05) is 7.11 Å². The number of carbonyl (C=O) groups is 1. The first kappa shape index (κ1) is 12.5. The minimum atomic E-state index is 0.439. The van der Waals surface area contributed by atoms with Crippen molar-refractivity contribution in [2.24, 2.45) is 11.8 Å². The van der Waals surface area contributed by atoms with Crippen molar-refractivity contribution in [3.8, 4) is 0 Å². The predicted molar refractivity (Wildman–Crippen MR) is 60.6 cm³/mol. The minimum absolute atomic E-state index is 0.439. The lowest BCUT2D eigenvalue weighted by molar-refractivity contribution is -0.109. The van der Waals surface area contributed by atoms with Gasteiger partial charge >= 0.3 is 0 Å². The highest BCUT2D eigenvalue weighted by Crippen LogP contribution is 2.30. The average molecular weight is 213 g/mol. The highest BCUT2D eigenvalue weighted by Gasteiger charge is 2.23. The third-order valence-corrected chi connectivity index (χ3v) is 3.61. The maximum atomic E-state index is 10.1. The van der Waals surface area contributed by atoms with Gasteiger partial charge in [0.25, 0.3) is 0 Å². The first-order chi connectivity index (χ1) is 7.27. The second-order valence-electron chi connectivity index (χ2n) is 4.63. The summed E-state index contributed by atoms with van der Waals surface area (Å²) in [7, 11) is 1.81. The molecular formula is C12H23NO2. The smallest absolute Gasteiger partial charge is 0.207 e. The van der Waals surface area contributed by atoms with Crippen LogP contribution in [0.2, 0.25) is 0 Å². The van der Waals surface area contributed by atoms with Crippen LogP contribution in [-0.4, -0.2) is 26.2 Å². The summed E-state index contributed by atoms with van der Waals surface area (Å²) in [5.41, 5.74) is 0. The van der Waals surface area contributed by atoms with Gasteiger partial charge in [-0.3, -0.25) is 4.79 Å². The monoisotopic (exact) mass is 213 g/mol. The molecule has 3 nitrogen and oxygen atoms in total. The van der Waals surface area contributed by atoms with Crippen LogP contribution in [0.15, 0.2) is 0 Å². The van der Waals surface area contributed by atoms with Crippen molar-refractivity contribution in [3.63, 3.8) is 0 Å². The summed E-state index contributed by atoms with van der Waals surface area (Å²) in [6.45, 7) is 3.10. The number of methoxy groups -OCH3 is 1. The Balaban J connectivity index is 2.28. The number of nitrogens with one attached hydrogen (secondary N) is 1. The fourth-order valence-corrected chi connectivity index (χ4v) is 2.50. The van der Waals surface area contributed by atoms with Crippen LogP contribution in [0.25, 0.3) is 0 Å². The van der Waals surface area contributed by atoms with Crippen LogP contribution in [0.1, 0.15) is 39.0 Å². The molecule has 0 aromatic heterocycles. The second-order valence-corrected chi connectivity index (χ2v) is 4.63. The van der Waals surface area contributed by atoms with Gasteiger partial charge < -0.3 is 10.1 Å². The van der Waals surface area contributed by atoms with Crippen molar-refractivity contribution in [2.75, 3.05) is 13.7 Å². The molecule has 1 saturated carbocycles. The third-order valence-electron chi connectivity index (χ3n) is 3.61. The minimum Gasteiger partial charge on any atom is -0.381 e. The van der Waals surface area contributed by atoms with Gasteiger partial charge in [-0.05, 0) is 37.5 Å². The standard InChI is InChI=1S/C12H23NO2/c1-10-3-4-11(7-8-13-9-14)5-6-12(10)15-2/h9-12H,3-8H2,1-2H3,(H,13,14). The third kappa shape index (κ3) is 4.20. The zero-order valence-electron chi connectivity index (χ0n) is 9.87. The molecule has 3 atom stereocenters. The van der Waals surface area contributed by atoms with Gasteiger partial charge in [0.1, 0.15) is 0 Å². The van der Waals surface area contributed by atoms with Crippen molar-refractivity contribution < 1.29 is 9.53 Å². The first-order valence-electron chi connectivity index (χ1n) is 5.97. The van der Waals surface area contributed by atoms with E-state index < -0.39 is 0 Å². The van der Waals surface area contributed by atoms with E-state index in [4.69, 9.17) is 4.74 Å². The Labute approximate surface area is 92.6 Å². The van der Waals surface area contributed by atoms with Crippen molar-refractivity contribution in [2.45, 2.75) is 45.1 Å². The molecule has 3 unspecified atom stereocenters. The number of hydrogen-bond acceptors (Lipinski definition) is 2. The van der Waals surface area contributed by atoms with E-state index in [1.165, 1.54) is 25.7 Å². The van der Waals surface area contributed by atoms with Crippen molar-refractivity contribution in [1.29, 1.82) is 0 Å². The number of rotatable bonds is 5. The summed E-state index contributed by atoms with van der Waals surface area (Å²) in [4.78, 5) is 10.1. The Morgan fingerprint density at radius 2 is 2.07 bits per heavy atom. The molecule has 1 N–H and O–H groups in total. The Morgan fingerprint density at radius 1 is 1.33 bits per heavy atom. The van der Waals surface area contributed by atoms with E-state index in [1.54, 1.807) is 0 Å². The number of ether oxygens (including phenoxy) is 1. The summed E-state index contributed by atoms with van der Waals surface area (Å²) in [5, 5.41) is 2.74. The molecule has 0 aliphatic heterocycles. The molecule has 3 heteroatoms. The van der Waals surface area contributed by atoms with Gasteiger partial charge in [-0.25, -0.2) is 0 Å². The predicted octanol–water partition coefficient (Wildman–Crippen LogP) is 1.96. The van der Waals surface area contributed by atoms with Crippen LogP contribution in [0, 0.1) is 11.8 Å². The van der Waals surface area contributed by atoms with Crippen LogP contribution < -0.4 is 5.32 Å². The van der Waals surface area contributed by atoms with Crippen LogP contribution in [0.5, 0.6) is 0 Å². The molecule has 0 aromatic carbocycles. The van der Waals surface area contributed by atoms with E-state index in [2.05, 4.69) is 12.2 Å². The van der Waals surface area contributed by atoms with Gasteiger partial charge in [0.05, 0.1) is 6.10 Å². The van der Waals surface area contributed by atoms with E-state index >= 15 is 0 Å². The number of amides is 1. The molecule has 0 bridgehead atoms. The molecule has 15 heavy (non-hydrogen) atoms. The maximum Gasteiger partial charge on any atom is 0.207 e. The summed E-state index contributed by atoms with van der Waals surface area (Å²) in [6, 6.07) is 0. The average Bonchev–Trinajstić information content (AvgIpc) is 2.42. The van der Waals surface area contributed by atoms with Gasteiger partial charge in [-0.2, -0.15) is 0 Å². The molecule has 0 aromatic rings. The van der Waals surface area contributed by atoms with Crippen LogP contribution in [0.3, 0.4) is 0 Å². The lowest BCUT2D eigenvalue weighted by Crippen LogP contribution is -2.18. The highest BCUT2D eigenvalue weighted by molar-refractivity contribution is 5.45. The zero-order valence-corrected chi connectivity index (χ0v) is 9.87. The van der Waals surface area contributed by atoms with E-state index in [0.29, 0.717) is 12.0 Å². The fourth-order valence-electron chi connectivity index (χ4n) is 2.50. The van der Waals surface area contributed by atoms with Crippen molar-refractivity contribution in [1.82, 2.24) is 5.32 Å². The lowest BCUT2D eigenvalue weighted by Gasteiger charge is -2.18. The molecule has 0 heterocycles. The zero-order chi connectivity index (χ0) is 11.1. The maximum absolute atomic E-state index is 10.1. The van der Waals surface area contributed by atoms with Gasteiger partial charge in [0, 0.05) is 13.7 Å². The molecule has 0 spiro atoms. The SMILES string of the molecule is COC1CCC(CCNC=O)CCC1C. The summed E-state index contributed by atoms with van der Waals surface area (Å²) >= 11 is 0. The summed E-state index contributed by atoms with van der Waals surface area (Å²) in [5.74, 6) is 1.44. The molecule has 1 aliphatic rings. The molecule has 1 amide bonds. The van der Waals surface area contributed by atoms with E-state index in [-0.39, 0.29) is 0 Å². The Kier molecular flexibility index (Phi) is 5.69. The molecule has 0 saturated heterocycles. The van der Waals surface area contributed by atoms with E-state index in [0.717, 1.165) is 25.3 Å². The molecule has 0 radical (unpaired) electrons. The van der Waals surface area contributed by atoms with Gasteiger partial charge in [-0.1, -0.05) is 13.3 Å². The summed E-state index contributed by atoms with van der Waals surface area (Å²) < 4.78 is 5.49. The molecule has 88 valence electrons.